The Bertz CT molecular complexity index is 128. The number of hydrogen-bond acceptors (Lipinski definition) is 2. The Hall–Kier alpha value is 0.252. The maximum atomic E-state index is 11.8. The van der Waals surface area contributed by atoms with Gasteiger partial charge in [0, 0.05) is 0 Å². The molecule has 0 rings (SSSR count). The molecule has 0 aromatic carbocycles. The van der Waals surface area contributed by atoms with E-state index in [1.54, 1.807) is 0 Å². The summed E-state index contributed by atoms with van der Waals surface area (Å²) in [5, 5.41) is 5.92. The summed E-state index contributed by atoms with van der Waals surface area (Å²) in [6, 6.07) is 0. The summed E-state index contributed by atoms with van der Waals surface area (Å²) in [5.74, 6) is -3.00. The van der Waals surface area contributed by atoms with Crippen molar-refractivity contribution in [2.75, 3.05) is 0 Å². The summed E-state index contributed by atoms with van der Waals surface area (Å²) in [5.41, 5.74) is 0. The molecule has 0 saturated carbocycles. The van der Waals surface area contributed by atoms with Gasteiger partial charge < -0.3 is 16.4 Å². The van der Waals surface area contributed by atoms with E-state index in [2.05, 4.69) is 16.4 Å². The fourth-order valence-corrected chi connectivity index (χ4v) is 0.163. The topological polar surface area (TPSA) is 24.7 Å². The third-order valence-electron chi connectivity index (χ3n) is 0.396. The van der Waals surface area contributed by atoms with Gasteiger partial charge in [0.15, 0.2) is 0 Å². The van der Waals surface area contributed by atoms with E-state index in [1.165, 1.54) is 13.1 Å². The van der Waals surface area contributed by atoms with Gasteiger partial charge in [-0.1, -0.05) is 0 Å². The minimum absolute atomic E-state index is 0. The first-order valence-electron chi connectivity index (χ1n) is 2.28. The fraction of sp³-hybridized carbons (Fsp3) is 0.600. The van der Waals surface area contributed by atoms with Gasteiger partial charge in [-0.25, -0.2) is 8.78 Å². The molecule has 54 valence electrons. The first kappa shape index (κ1) is 12.9. The van der Waals surface area contributed by atoms with Crippen LogP contribution in [-0.4, -0.2) is 18.4 Å². The summed E-state index contributed by atoms with van der Waals surface area (Å²) >= 11 is 0. The maximum Gasteiger partial charge on any atom is 2.00 e. The third-order valence-corrected chi connectivity index (χ3v) is 0.396. The van der Waals surface area contributed by atoms with Gasteiger partial charge in [0.25, 0.3) is 0 Å². The van der Waals surface area contributed by atoms with Crippen LogP contribution in [0.5, 0.6) is 0 Å². The van der Waals surface area contributed by atoms with Crippen LogP contribution in [-0.2, 0) is 0 Å². The summed E-state index contributed by atoms with van der Waals surface area (Å²) in [6.45, 7) is 2.14. The Labute approximate surface area is 82.2 Å². The number of nitrogens with zero attached hydrogens (tertiary/aromatic N) is 2. The molecule has 0 spiro atoms. The standard InChI is InChI=1S/C5H6F2N2.U/c1-3-8-9-4-5(2,6)7;/h1-2H3;/q-2;+2. The molecule has 0 bridgehead atoms. The molecular weight excluding hydrogens is 364 g/mol. The van der Waals surface area contributed by atoms with Crippen molar-refractivity contribution >= 4 is 12.4 Å². The molecule has 0 unspecified atom stereocenters. The average molecular weight is 370 g/mol. The normalized spacial score (nSPS) is 12.4. The first-order chi connectivity index (χ1) is 4.06. The molecule has 0 amide bonds. The molecule has 0 fully saturated rings. The maximum absolute atomic E-state index is 11.8. The van der Waals surface area contributed by atoms with Crippen LogP contribution in [0.1, 0.15) is 13.8 Å². The predicted molar refractivity (Wildman–Crippen MR) is 31.2 cm³/mol. The second-order valence-electron chi connectivity index (χ2n) is 1.42. The van der Waals surface area contributed by atoms with Gasteiger partial charge in [-0.15, -0.1) is 0 Å². The van der Waals surface area contributed by atoms with Crippen LogP contribution < -0.4 is 0 Å². The zero-order chi connectivity index (χ0) is 7.33. The van der Waals surface area contributed by atoms with Gasteiger partial charge in [-0.3, -0.25) is 6.21 Å². The zero-order valence-corrected chi connectivity index (χ0v) is 9.81. The molecule has 0 aromatic heterocycles. The second kappa shape index (κ2) is 5.99. The summed E-state index contributed by atoms with van der Waals surface area (Å²) in [7, 11) is 0. The summed E-state index contributed by atoms with van der Waals surface area (Å²) in [6.07, 6.45) is 3.69. The van der Waals surface area contributed by atoms with Crippen molar-refractivity contribution in [3.8, 4) is 0 Å². The molecule has 0 aliphatic carbocycles. The molecule has 0 aliphatic rings. The molecular formula is C5H6F2N2U. The fourth-order valence-electron chi connectivity index (χ4n) is 0.163. The Kier molecular flexibility index (Phi) is 7.72. The van der Waals surface area contributed by atoms with Crippen molar-refractivity contribution in [1.29, 1.82) is 0 Å². The van der Waals surface area contributed by atoms with E-state index in [1.807, 2.05) is 0 Å². The Balaban J connectivity index is 0. The SMILES string of the molecule is C[C-]=NN=[C-]C(C)(F)F.[U+2]. The Morgan fingerprint density at radius 2 is 1.80 bits per heavy atom. The molecule has 0 saturated heterocycles. The van der Waals surface area contributed by atoms with E-state index < -0.39 is 5.92 Å². The third kappa shape index (κ3) is 11.1. The van der Waals surface area contributed by atoms with E-state index in [4.69, 9.17) is 0 Å². The Morgan fingerprint density at radius 3 is 2.10 bits per heavy atom. The molecule has 0 radical (unpaired) electrons. The quantitative estimate of drug-likeness (QED) is 0.400. The molecule has 0 heterocycles. The van der Waals surface area contributed by atoms with Crippen LogP contribution >= 0.6 is 0 Å². The molecule has 5 heteroatoms. The predicted octanol–water partition coefficient (Wildman–Crippen LogP) is 1.47. The molecule has 0 N–H and O–H groups in total. The molecule has 10 heavy (non-hydrogen) atoms. The number of rotatable bonds is 2. The van der Waals surface area contributed by atoms with Gasteiger partial charge in [-0.2, -0.15) is 6.92 Å². The number of hydrogen-bond donors (Lipinski definition) is 0. The molecule has 2 nitrogen and oxygen atoms in total. The summed E-state index contributed by atoms with van der Waals surface area (Å²) in [4.78, 5) is 0. The minimum Gasteiger partial charge on any atom is -0.414 e. The van der Waals surface area contributed by atoms with Crippen molar-refractivity contribution < 1.29 is 39.9 Å². The molecule has 0 aromatic rings. The van der Waals surface area contributed by atoms with Gasteiger partial charge in [0.2, 0.25) is 0 Å². The van der Waals surface area contributed by atoms with Crippen molar-refractivity contribution in [3.05, 3.63) is 0 Å². The van der Waals surface area contributed by atoms with Crippen LogP contribution in [0.3, 0.4) is 0 Å². The van der Waals surface area contributed by atoms with Crippen LogP contribution in [0.25, 0.3) is 0 Å². The van der Waals surface area contributed by atoms with Crippen molar-refractivity contribution in [2.45, 2.75) is 19.8 Å². The van der Waals surface area contributed by atoms with E-state index >= 15 is 0 Å². The van der Waals surface area contributed by atoms with E-state index in [0.717, 1.165) is 0 Å². The van der Waals surface area contributed by atoms with Gasteiger partial charge in [-0.05, 0) is 6.92 Å². The number of alkyl halides is 2. The van der Waals surface area contributed by atoms with Crippen molar-refractivity contribution in [3.63, 3.8) is 0 Å². The van der Waals surface area contributed by atoms with Crippen molar-refractivity contribution in [1.82, 2.24) is 0 Å². The van der Waals surface area contributed by atoms with Crippen LogP contribution in [0.4, 0.5) is 8.78 Å². The van der Waals surface area contributed by atoms with Crippen molar-refractivity contribution in [2.24, 2.45) is 10.2 Å². The largest absolute Gasteiger partial charge is 2.00 e. The minimum atomic E-state index is -3.00. The van der Waals surface area contributed by atoms with E-state index in [0.29, 0.717) is 6.92 Å². The molecule has 0 atom stereocenters. The van der Waals surface area contributed by atoms with Crippen LogP contribution in [0, 0.1) is 31.1 Å². The van der Waals surface area contributed by atoms with Gasteiger partial charge >= 0.3 is 31.1 Å². The van der Waals surface area contributed by atoms with E-state index in [-0.39, 0.29) is 31.1 Å². The number of halogens is 2. The van der Waals surface area contributed by atoms with E-state index in [9.17, 15) is 8.78 Å². The summed E-state index contributed by atoms with van der Waals surface area (Å²) < 4.78 is 23.5. The smallest absolute Gasteiger partial charge is 0.414 e. The van der Waals surface area contributed by atoms with Gasteiger partial charge in [0.05, 0.1) is 0 Å². The van der Waals surface area contributed by atoms with Gasteiger partial charge in [0.1, 0.15) is 5.92 Å². The monoisotopic (exact) mass is 370 g/mol. The molecule has 0 aliphatic heterocycles. The first-order valence-corrected chi connectivity index (χ1v) is 2.28. The Morgan fingerprint density at radius 1 is 1.30 bits per heavy atom. The van der Waals surface area contributed by atoms with Crippen LogP contribution in [0.2, 0.25) is 0 Å². The zero-order valence-electron chi connectivity index (χ0n) is 5.65. The average Bonchev–Trinajstić information content (AvgIpc) is 1.63. The van der Waals surface area contributed by atoms with Crippen LogP contribution in [0.15, 0.2) is 10.2 Å². The second-order valence-corrected chi connectivity index (χ2v) is 1.42.